The van der Waals surface area contributed by atoms with E-state index in [1.807, 2.05) is 0 Å². The number of hydrogen-bond donors (Lipinski definition) is 2. The molecule has 0 aliphatic rings. The molecule has 0 saturated carbocycles. The normalized spacial score (nSPS) is 9.38. The van der Waals surface area contributed by atoms with E-state index in [9.17, 15) is 13.6 Å². The first-order chi connectivity index (χ1) is 3.55. The number of carbonyl (C=O) groups excluding carboxylic acids is 1. The van der Waals surface area contributed by atoms with Crippen molar-refractivity contribution in [3.8, 4) is 0 Å². The molecule has 0 rings (SSSR count). The molecule has 1 amide bonds. The Morgan fingerprint density at radius 2 is 2.00 bits per heavy atom. The van der Waals surface area contributed by atoms with E-state index in [4.69, 9.17) is 5.41 Å². The summed E-state index contributed by atoms with van der Waals surface area (Å²) in [6.07, 6.45) is -3.05. The average Bonchev–Trinajstić information content (AvgIpc) is 1.64. The van der Waals surface area contributed by atoms with Crippen molar-refractivity contribution in [3.05, 3.63) is 0 Å². The van der Waals surface area contributed by atoms with E-state index in [0.717, 1.165) is 0 Å². The third-order valence-corrected chi connectivity index (χ3v) is 0.484. The molecule has 0 spiro atoms. The number of nitrogens with two attached hydrogens (primary N) is 1. The Labute approximate surface area is 44.0 Å². The molecule has 8 heavy (non-hydrogen) atoms. The van der Waals surface area contributed by atoms with E-state index >= 15 is 0 Å². The zero-order valence-electron chi connectivity index (χ0n) is 3.82. The van der Waals surface area contributed by atoms with E-state index in [2.05, 4.69) is 5.73 Å². The van der Waals surface area contributed by atoms with Crippen molar-refractivity contribution in [1.82, 2.24) is 0 Å². The van der Waals surface area contributed by atoms with Crippen LogP contribution in [0, 0.1) is 5.41 Å². The zero-order valence-corrected chi connectivity index (χ0v) is 3.82. The number of primary amides is 1. The fourth-order valence-corrected chi connectivity index (χ4v) is 0.108. The minimum atomic E-state index is -3.05. The van der Waals surface area contributed by atoms with Crippen LogP contribution in [0.1, 0.15) is 0 Å². The van der Waals surface area contributed by atoms with Gasteiger partial charge in [-0.05, 0) is 0 Å². The number of carbonyl (C=O) groups is 1. The molecule has 0 unspecified atom stereocenters. The van der Waals surface area contributed by atoms with Gasteiger partial charge in [-0.1, -0.05) is 0 Å². The van der Waals surface area contributed by atoms with Gasteiger partial charge in [0.05, 0.1) is 0 Å². The minimum absolute atomic E-state index is 1.34. The van der Waals surface area contributed by atoms with Crippen LogP contribution in [0.15, 0.2) is 0 Å². The van der Waals surface area contributed by atoms with Crippen LogP contribution in [-0.4, -0.2) is 18.0 Å². The van der Waals surface area contributed by atoms with Crippen LogP contribution >= 0.6 is 0 Å². The van der Waals surface area contributed by atoms with Gasteiger partial charge in [-0.25, -0.2) is 8.78 Å². The second-order valence-electron chi connectivity index (χ2n) is 1.08. The fourth-order valence-electron chi connectivity index (χ4n) is 0.108. The predicted molar refractivity (Wildman–Crippen MR) is 22.9 cm³/mol. The molecule has 0 heterocycles. The topological polar surface area (TPSA) is 66.9 Å². The second kappa shape index (κ2) is 2.34. The molecule has 0 aliphatic heterocycles. The summed E-state index contributed by atoms with van der Waals surface area (Å²) in [4.78, 5) is 9.66. The number of amides is 1. The molecule has 0 aliphatic carbocycles. The van der Waals surface area contributed by atoms with Crippen molar-refractivity contribution in [1.29, 1.82) is 5.41 Å². The lowest BCUT2D eigenvalue weighted by molar-refractivity contribution is -0.112. The van der Waals surface area contributed by atoms with Gasteiger partial charge in [0.1, 0.15) is 0 Å². The average molecular weight is 122 g/mol. The molecule has 0 radical (unpaired) electrons. The smallest absolute Gasteiger partial charge is 0.285 e. The van der Waals surface area contributed by atoms with E-state index in [0.29, 0.717) is 0 Å². The molecule has 5 heteroatoms. The number of nitrogens with one attached hydrogen (secondary N) is 1. The highest BCUT2D eigenvalue weighted by Crippen LogP contribution is 1.91. The second-order valence-corrected chi connectivity index (χ2v) is 1.08. The van der Waals surface area contributed by atoms with Crippen LogP contribution in [0.5, 0.6) is 0 Å². The summed E-state index contributed by atoms with van der Waals surface area (Å²) >= 11 is 0. The maximum Gasteiger partial charge on any atom is 0.285 e. The molecule has 0 atom stereocenters. The Balaban J connectivity index is 3.84. The van der Waals surface area contributed by atoms with Crippen LogP contribution in [0.3, 0.4) is 0 Å². The Morgan fingerprint density at radius 1 is 1.62 bits per heavy atom. The zero-order chi connectivity index (χ0) is 6.73. The standard InChI is InChI=1S/C3H4F2N2O/c4-2(5)1(6)3(7)8/h2,6H,(H2,7,8). The maximum atomic E-state index is 11.2. The highest BCUT2D eigenvalue weighted by atomic mass is 19.3. The van der Waals surface area contributed by atoms with Crippen LogP contribution in [-0.2, 0) is 4.79 Å². The van der Waals surface area contributed by atoms with Gasteiger partial charge in [-0.3, -0.25) is 10.2 Å². The van der Waals surface area contributed by atoms with Crippen molar-refractivity contribution in [2.24, 2.45) is 5.73 Å². The van der Waals surface area contributed by atoms with Crippen molar-refractivity contribution in [2.75, 3.05) is 0 Å². The largest absolute Gasteiger partial charge is 0.364 e. The van der Waals surface area contributed by atoms with Gasteiger partial charge in [0.15, 0.2) is 5.71 Å². The molecular formula is C3H4F2N2O. The van der Waals surface area contributed by atoms with Gasteiger partial charge < -0.3 is 5.73 Å². The summed E-state index contributed by atoms with van der Waals surface area (Å²) in [6.45, 7) is 0. The van der Waals surface area contributed by atoms with E-state index in [1.54, 1.807) is 0 Å². The monoisotopic (exact) mass is 122 g/mol. The first kappa shape index (κ1) is 7.00. The van der Waals surface area contributed by atoms with Crippen molar-refractivity contribution in [3.63, 3.8) is 0 Å². The maximum absolute atomic E-state index is 11.2. The third-order valence-electron chi connectivity index (χ3n) is 0.484. The van der Waals surface area contributed by atoms with Crippen molar-refractivity contribution in [2.45, 2.75) is 6.43 Å². The van der Waals surface area contributed by atoms with E-state index in [1.165, 1.54) is 0 Å². The Morgan fingerprint density at radius 3 is 2.00 bits per heavy atom. The van der Waals surface area contributed by atoms with Gasteiger partial charge in [0.2, 0.25) is 0 Å². The lowest BCUT2D eigenvalue weighted by Gasteiger charge is -1.92. The predicted octanol–water partition coefficient (Wildman–Crippen LogP) is -0.243. The van der Waals surface area contributed by atoms with Gasteiger partial charge >= 0.3 is 0 Å². The summed E-state index contributed by atoms with van der Waals surface area (Å²) in [6, 6.07) is 0. The molecule has 3 nitrogen and oxygen atoms in total. The highest BCUT2D eigenvalue weighted by molar-refractivity contribution is 6.38. The number of halogens is 2. The summed E-state index contributed by atoms with van der Waals surface area (Å²) in [5.41, 5.74) is 2.95. The highest BCUT2D eigenvalue weighted by Gasteiger charge is 2.15. The van der Waals surface area contributed by atoms with Crippen LogP contribution in [0.25, 0.3) is 0 Å². The van der Waals surface area contributed by atoms with Crippen LogP contribution < -0.4 is 5.73 Å². The van der Waals surface area contributed by atoms with Crippen molar-refractivity contribution < 1.29 is 13.6 Å². The minimum Gasteiger partial charge on any atom is -0.364 e. The van der Waals surface area contributed by atoms with Crippen molar-refractivity contribution >= 4 is 11.6 Å². The third kappa shape index (κ3) is 1.63. The van der Waals surface area contributed by atoms with E-state index < -0.39 is 18.0 Å². The fraction of sp³-hybridized carbons (Fsp3) is 0.333. The SMILES string of the molecule is N=C(C(N)=O)C(F)F. The Bertz CT molecular complexity index is 122. The molecule has 0 bridgehead atoms. The van der Waals surface area contributed by atoms with Gasteiger partial charge in [0.25, 0.3) is 12.3 Å². The van der Waals surface area contributed by atoms with Crippen LogP contribution in [0.4, 0.5) is 8.78 Å². The Kier molecular flexibility index (Phi) is 2.05. The van der Waals surface area contributed by atoms with Gasteiger partial charge in [-0.15, -0.1) is 0 Å². The lowest BCUT2D eigenvalue weighted by atomic mass is 10.4. The summed E-state index contributed by atoms with van der Waals surface area (Å²) < 4.78 is 22.3. The molecular weight excluding hydrogens is 118 g/mol. The molecule has 0 saturated heterocycles. The quantitative estimate of drug-likeness (QED) is 0.487. The van der Waals surface area contributed by atoms with Gasteiger partial charge in [-0.2, -0.15) is 0 Å². The molecule has 0 aromatic rings. The molecule has 46 valence electrons. The molecule has 0 fully saturated rings. The number of alkyl halides is 2. The summed E-state index contributed by atoms with van der Waals surface area (Å²) in [7, 11) is 0. The first-order valence-electron chi connectivity index (χ1n) is 1.72. The first-order valence-corrected chi connectivity index (χ1v) is 1.72. The molecule has 0 aromatic carbocycles. The van der Waals surface area contributed by atoms with E-state index in [-0.39, 0.29) is 0 Å². The summed E-state index contributed by atoms with van der Waals surface area (Å²) in [5, 5.41) is 6.17. The van der Waals surface area contributed by atoms with Gasteiger partial charge in [0, 0.05) is 0 Å². The number of hydrogen-bond acceptors (Lipinski definition) is 2. The van der Waals surface area contributed by atoms with Crippen LogP contribution in [0.2, 0.25) is 0 Å². The molecule has 3 N–H and O–H groups in total. The lowest BCUT2D eigenvalue weighted by Crippen LogP contribution is -2.28. The number of rotatable bonds is 2. The molecule has 0 aromatic heterocycles. The Hall–Kier alpha value is -1.00. The summed E-state index contributed by atoms with van der Waals surface area (Å²) in [5.74, 6) is -1.37.